The van der Waals surface area contributed by atoms with E-state index in [2.05, 4.69) is 15.0 Å². The van der Waals surface area contributed by atoms with Gasteiger partial charge in [0, 0.05) is 6.42 Å². The summed E-state index contributed by atoms with van der Waals surface area (Å²) >= 11 is 0. The van der Waals surface area contributed by atoms with Crippen LogP contribution in [0.3, 0.4) is 0 Å². The summed E-state index contributed by atoms with van der Waals surface area (Å²) in [5.41, 5.74) is 6.89. The van der Waals surface area contributed by atoms with Crippen molar-refractivity contribution >= 4 is 24.6 Å². The number of anilines is 1. The average molecular weight is 311 g/mol. The van der Waals surface area contributed by atoms with Crippen molar-refractivity contribution in [2.75, 3.05) is 12.1 Å². The summed E-state index contributed by atoms with van der Waals surface area (Å²) in [6.45, 7) is 0. The minimum atomic E-state index is -4.16. The van der Waals surface area contributed by atoms with Crippen molar-refractivity contribution in [3.63, 3.8) is 0 Å². The van der Waals surface area contributed by atoms with Gasteiger partial charge in [0.1, 0.15) is 18.2 Å². The molecule has 0 spiro atoms. The lowest BCUT2D eigenvalue weighted by molar-refractivity contribution is 0.102. The highest BCUT2D eigenvalue weighted by Gasteiger charge is 2.25. The molecule has 0 fully saturated rings. The monoisotopic (exact) mass is 311 g/mol. The fourth-order valence-electron chi connectivity index (χ4n) is 2.28. The third kappa shape index (κ3) is 2.96. The zero-order valence-electron chi connectivity index (χ0n) is 10.9. The standard InChI is InChI=1S/C11H14N5O4P/c12-10-9-11(14-4-13-10)16(5-15-9)7-1-2-8(3-7)20-6-21(17,18)19/h1-2,4-5,7-8H,3,6H2,(H2,12,13,14)(H2,17,18,19)/t7-,8+/m0/s1. The lowest BCUT2D eigenvalue weighted by atomic mass is 10.2. The number of fused-ring (bicyclic) bond motifs is 1. The number of nitrogens with two attached hydrogens (primary N) is 1. The summed E-state index contributed by atoms with van der Waals surface area (Å²) in [5, 5.41) is 0. The van der Waals surface area contributed by atoms with Crippen molar-refractivity contribution in [3.05, 3.63) is 24.8 Å². The Bertz CT molecular complexity index is 739. The Labute approximate surface area is 119 Å². The number of nitrogen functional groups attached to an aromatic ring is 1. The SMILES string of the molecule is Nc1ncnc2c1ncn2[C@H]1C=C[C@@H](OCP(=O)(O)O)C1. The molecule has 0 bridgehead atoms. The third-order valence-corrected chi connectivity index (χ3v) is 3.71. The van der Waals surface area contributed by atoms with E-state index in [-0.39, 0.29) is 12.1 Å². The maximum Gasteiger partial charge on any atom is 0.351 e. The van der Waals surface area contributed by atoms with Gasteiger partial charge in [0.15, 0.2) is 11.5 Å². The fraction of sp³-hybridized carbons (Fsp3) is 0.364. The summed E-state index contributed by atoms with van der Waals surface area (Å²) in [4.78, 5) is 29.9. The molecule has 2 heterocycles. The largest absolute Gasteiger partial charge is 0.382 e. The van der Waals surface area contributed by atoms with Crippen LogP contribution < -0.4 is 5.73 Å². The molecule has 0 amide bonds. The Balaban J connectivity index is 1.75. The van der Waals surface area contributed by atoms with E-state index >= 15 is 0 Å². The highest BCUT2D eigenvalue weighted by Crippen LogP contribution is 2.36. The number of allylic oxidation sites excluding steroid dienone is 1. The second-order valence-electron chi connectivity index (χ2n) is 4.77. The van der Waals surface area contributed by atoms with Crippen LogP contribution in [0.25, 0.3) is 11.2 Å². The van der Waals surface area contributed by atoms with Crippen molar-refractivity contribution in [2.45, 2.75) is 18.6 Å². The lowest BCUT2D eigenvalue weighted by Crippen LogP contribution is -2.12. The zero-order chi connectivity index (χ0) is 15.0. The third-order valence-electron chi connectivity index (χ3n) is 3.22. The molecule has 1 aliphatic rings. The molecule has 0 aliphatic heterocycles. The molecule has 112 valence electrons. The van der Waals surface area contributed by atoms with Crippen LogP contribution in [0.1, 0.15) is 12.5 Å². The van der Waals surface area contributed by atoms with Gasteiger partial charge in [-0.3, -0.25) is 4.57 Å². The number of rotatable bonds is 4. The Morgan fingerprint density at radius 1 is 1.38 bits per heavy atom. The predicted molar refractivity (Wildman–Crippen MR) is 74.3 cm³/mol. The van der Waals surface area contributed by atoms with Crippen LogP contribution in [0.15, 0.2) is 24.8 Å². The number of hydrogen-bond acceptors (Lipinski definition) is 6. The molecule has 0 radical (unpaired) electrons. The van der Waals surface area contributed by atoms with Gasteiger partial charge < -0.3 is 24.8 Å². The van der Waals surface area contributed by atoms with Crippen LogP contribution in [0.4, 0.5) is 5.82 Å². The maximum atomic E-state index is 10.8. The molecule has 0 saturated carbocycles. The van der Waals surface area contributed by atoms with Gasteiger partial charge in [0.25, 0.3) is 0 Å². The second kappa shape index (κ2) is 5.19. The smallest absolute Gasteiger partial charge is 0.351 e. The highest BCUT2D eigenvalue weighted by atomic mass is 31.2. The first-order chi connectivity index (χ1) is 9.94. The van der Waals surface area contributed by atoms with E-state index in [0.29, 0.717) is 23.4 Å². The van der Waals surface area contributed by atoms with Crippen LogP contribution in [0.2, 0.25) is 0 Å². The molecule has 10 heteroatoms. The average Bonchev–Trinajstić information content (AvgIpc) is 3.02. The van der Waals surface area contributed by atoms with E-state index in [1.165, 1.54) is 6.33 Å². The molecular formula is C11H14N5O4P. The van der Waals surface area contributed by atoms with E-state index in [1.807, 2.05) is 10.6 Å². The van der Waals surface area contributed by atoms with Gasteiger partial charge in [-0.15, -0.1) is 0 Å². The molecule has 0 unspecified atom stereocenters. The van der Waals surface area contributed by atoms with Gasteiger partial charge in [-0.2, -0.15) is 0 Å². The number of hydrogen-bond donors (Lipinski definition) is 3. The fourth-order valence-corrected chi connectivity index (χ4v) is 2.67. The Morgan fingerprint density at radius 3 is 2.95 bits per heavy atom. The first-order valence-electron chi connectivity index (χ1n) is 6.21. The van der Waals surface area contributed by atoms with Gasteiger partial charge >= 0.3 is 7.60 Å². The highest BCUT2D eigenvalue weighted by molar-refractivity contribution is 7.51. The van der Waals surface area contributed by atoms with Crippen molar-refractivity contribution in [2.24, 2.45) is 0 Å². The molecule has 2 aromatic rings. The molecule has 1 aliphatic carbocycles. The second-order valence-corrected chi connectivity index (χ2v) is 6.36. The summed E-state index contributed by atoms with van der Waals surface area (Å²) in [6, 6.07) is -0.0499. The molecule has 2 atom stereocenters. The predicted octanol–water partition coefficient (Wildman–Crippen LogP) is 0.430. The van der Waals surface area contributed by atoms with Crippen LogP contribution in [0, 0.1) is 0 Å². The van der Waals surface area contributed by atoms with Crippen LogP contribution in [-0.2, 0) is 9.30 Å². The molecule has 21 heavy (non-hydrogen) atoms. The van der Waals surface area contributed by atoms with Crippen LogP contribution in [-0.4, -0.2) is 41.8 Å². The quantitative estimate of drug-likeness (QED) is 0.546. The Morgan fingerprint density at radius 2 is 2.19 bits per heavy atom. The topological polar surface area (TPSA) is 136 Å². The molecule has 0 saturated heterocycles. The van der Waals surface area contributed by atoms with E-state index < -0.39 is 13.9 Å². The molecule has 9 nitrogen and oxygen atoms in total. The normalized spacial score (nSPS) is 22.2. The molecular weight excluding hydrogens is 297 g/mol. The Hall–Kier alpha value is -1.80. The first kappa shape index (κ1) is 14.2. The number of ether oxygens (including phenoxy) is 1. The molecule has 0 aromatic carbocycles. The maximum absolute atomic E-state index is 10.8. The molecule has 3 rings (SSSR count). The lowest BCUT2D eigenvalue weighted by Gasteiger charge is -2.15. The number of nitrogens with zero attached hydrogens (tertiary/aromatic N) is 4. The summed E-state index contributed by atoms with van der Waals surface area (Å²) in [6.07, 6.45) is 6.27. The first-order valence-corrected chi connectivity index (χ1v) is 8.01. The molecule has 4 N–H and O–H groups in total. The van der Waals surface area contributed by atoms with Crippen molar-refractivity contribution < 1.29 is 19.1 Å². The summed E-state index contributed by atoms with van der Waals surface area (Å²) < 4.78 is 17.8. The summed E-state index contributed by atoms with van der Waals surface area (Å²) in [7, 11) is -4.16. The van der Waals surface area contributed by atoms with Gasteiger partial charge in [-0.05, 0) is 0 Å². The van der Waals surface area contributed by atoms with Crippen LogP contribution in [0.5, 0.6) is 0 Å². The van der Waals surface area contributed by atoms with Crippen molar-refractivity contribution in [1.82, 2.24) is 19.5 Å². The van der Waals surface area contributed by atoms with E-state index in [0.717, 1.165) is 0 Å². The summed E-state index contributed by atoms with van der Waals surface area (Å²) in [5.74, 6) is 0.315. The van der Waals surface area contributed by atoms with Gasteiger partial charge in [-0.1, -0.05) is 12.2 Å². The van der Waals surface area contributed by atoms with Gasteiger partial charge in [0.05, 0.1) is 18.5 Å². The van der Waals surface area contributed by atoms with Crippen LogP contribution >= 0.6 is 7.60 Å². The van der Waals surface area contributed by atoms with Gasteiger partial charge in [0.2, 0.25) is 0 Å². The number of imidazole rings is 1. The van der Waals surface area contributed by atoms with Crippen molar-refractivity contribution in [3.8, 4) is 0 Å². The van der Waals surface area contributed by atoms with E-state index in [9.17, 15) is 4.57 Å². The molecule has 2 aromatic heterocycles. The van der Waals surface area contributed by atoms with Gasteiger partial charge in [-0.25, -0.2) is 15.0 Å². The number of aromatic nitrogens is 4. The Kier molecular flexibility index (Phi) is 3.50. The van der Waals surface area contributed by atoms with Crippen molar-refractivity contribution in [1.29, 1.82) is 0 Å². The minimum Gasteiger partial charge on any atom is -0.382 e. The van der Waals surface area contributed by atoms with E-state index in [1.54, 1.807) is 12.4 Å². The zero-order valence-corrected chi connectivity index (χ0v) is 11.8. The minimum absolute atomic E-state index is 0.0499. The van der Waals surface area contributed by atoms with E-state index in [4.69, 9.17) is 20.3 Å².